The van der Waals surface area contributed by atoms with E-state index < -0.39 is 0 Å². The molecule has 0 saturated carbocycles. The Kier molecular flexibility index (Phi) is 4.26. The minimum absolute atomic E-state index is 0.360. The molecule has 1 aromatic carbocycles. The predicted octanol–water partition coefficient (Wildman–Crippen LogP) is 2.60. The topological polar surface area (TPSA) is 50.8 Å². The molecule has 0 unspecified atom stereocenters. The number of hydrogen-bond donors (Lipinski definition) is 0. The van der Waals surface area contributed by atoms with E-state index in [1.54, 1.807) is 18.0 Å². The quantitative estimate of drug-likeness (QED) is 0.775. The molecule has 0 atom stereocenters. The van der Waals surface area contributed by atoms with Crippen molar-refractivity contribution < 1.29 is 9.13 Å². The third kappa shape index (κ3) is 3.18. The molecule has 5 heteroatoms. The van der Waals surface area contributed by atoms with Crippen LogP contribution in [0.1, 0.15) is 12.0 Å². The van der Waals surface area contributed by atoms with Crippen molar-refractivity contribution in [3.05, 3.63) is 42.0 Å². The van der Waals surface area contributed by atoms with Crippen molar-refractivity contribution in [1.82, 2.24) is 9.78 Å². The van der Waals surface area contributed by atoms with E-state index in [-0.39, 0.29) is 5.82 Å². The van der Waals surface area contributed by atoms with E-state index in [0.717, 1.165) is 18.5 Å². The highest BCUT2D eigenvalue weighted by molar-refractivity contribution is 5.69. The first kappa shape index (κ1) is 13.2. The maximum atomic E-state index is 13.3. The average molecular weight is 259 g/mol. The Labute approximate surface area is 111 Å². The molecule has 1 aromatic heterocycles. The summed E-state index contributed by atoms with van der Waals surface area (Å²) in [7, 11) is 1.65. The molecule has 2 rings (SSSR count). The van der Waals surface area contributed by atoms with Crippen molar-refractivity contribution in [2.75, 3.05) is 13.7 Å². The van der Waals surface area contributed by atoms with Crippen LogP contribution < -0.4 is 0 Å². The van der Waals surface area contributed by atoms with Crippen LogP contribution in [0.5, 0.6) is 0 Å². The molecule has 0 fully saturated rings. The molecule has 0 N–H and O–H groups in total. The third-order valence-electron chi connectivity index (χ3n) is 2.78. The Morgan fingerprint density at radius 3 is 3.05 bits per heavy atom. The van der Waals surface area contributed by atoms with E-state index >= 15 is 0 Å². The summed E-state index contributed by atoms with van der Waals surface area (Å²) in [5.74, 6) is -0.360. The molecule has 98 valence electrons. The fraction of sp³-hybridized carbons (Fsp3) is 0.286. The summed E-state index contributed by atoms with van der Waals surface area (Å²) in [4.78, 5) is 0. The van der Waals surface area contributed by atoms with Crippen LogP contribution in [0.3, 0.4) is 0 Å². The van der Waals surface area contributed by atoms with Crippen LogP contribution in [0.4, 0.5) is 4.39 Å². The summed E-state index contributed by atoms with van der Waals surface area (Å²) in [6.45, 7) is 1.39. The number of nitrogens with zero attached hydrogens (tertiary/aromatic N) is 3. The maximum Gasteiger partial charge on any atom is 0.123 e. The minimum Gasteiger partial charge on any atom is -0.385 e. The zero-order chi connectivity index (χ0) is 13.7. The van der Waals surface area contributed by atoms with Gasteiger partial charge in [-0.15, -0.1) is 0 Å². The van der Waals surface area contributed by atoms with Gasteiger partial charge in [-0.2, -0.15) is 10.4 Å². The molecular formula is C14H14FN3O. The Morgan fingerprint density at radius 1 is 1.47 bits per heavy atom. The zero-order valence-corrected chi connectivity index (χ0v) is 10.6. The van der Waals surface area contributed by atoms with Crippen LogP contribution in [-0.4, -0.2) is 23.5 Å². The van der Waals surface area contributed by atoms with Crippen molar-refractivity contribution in [3.63, 3.8) is 0 Å². The average Bonchev–Trinajstić information content (AvgIpc) is 2.88. The van der Waals surface area contributed by atoms with E-state index in [1.165, 1.54) is 18.2 Å². The summed E-state index contributed by atoms with van der Waals surface area (Å²) in [5, 5.41) is 13.2. The summed E-state index contributed by atoms with van der Waals surface area (Å²) in [5.41, 5.74) is 1.76. The zero-order valence-electron chi connectivity index (χ0n) is 10.6. The Morgan fingerprint density at radius 2 is 2.32 bits per heavy atom. The molecule has 0 aliphatic heterocycles. The largest absolute Gasteiger partial charge is 0.385 e. The molecule has 0 radical (unpaired) electrons. The molecule has 0 amide bonds. The minimum atomic E-state index is -0.360. The molecule has 4 nitrogen and oxygen atoms in total. The summed E-state index contributed by atoms with van der Waals surface area (Å²) in [6.07, 6.45) is 4.31. The molecule has 0 saturated heterocycles. The maximum absolute atomic E-state index is 13.3. The van der Waals surface area contributed by atoms with Gasteiger partial charge in [-0.25, -0.2) is 4.39 Å². The second-order valence-electron chi connectivity index (χ2n) is 4.14. The molecule has 1 heterocycles. The van der Waals surface area contributed by atoms with Crippen molar-refractivity contribution in [3.8, 4) is 17.2 Å². The fourth-order valence-electron chi connectivity index (χ4n) is 1.85. The number of hydrogen-bond acceptors (Lipinski definition) is 3. The van der Waals surface area contributed by atoms with Gasteiger partial charge in [0.25, 0.3) is 0 Å². The van der Waals surface area contributed by atoms with Crippen LogP contribution >= 0.6 is 0 Å². The highest BCUT2D eigenvalue weighted by Crippen LogP contribution is 2.23. The number of halogens is 1. The monoisotopic (exact) mass is 259 g/mol. The van der Waals surface area contributed by atoms with Gasteiger partial charge in [-0.3, -0.25) is 4.68 Å². The highest BCUT2D eigenvalue weighted by atomic mass is 19.1. The number of ether oxygens (including phenoxy) is 1. The van der Waals surface area contributed by atoms with Crippen molar-refractivity contribution in [2.45, 2.75) is 13.0 Å². The lowest BCUT2D eigenvalue weighted by molar-refractivity contribution is 0.189. The van der Waals surface area contributed by atoms with Gasteiger partial charge >= 0.3 is 0 Å². The number of aryl methyl sites for hydroxylation is 1. The SMILES string of the molecule is COCCCn1cc(-c2cc(F)ccc2C#N)cn1. The van der Waals surface area contributed by atoms with Crippen molar-refractivity contribution in [1.29, 1.82) is 5.26 Å². The molecule has 0 aliphatic rings. The Bertz CT molecular complexity index is 601. The standard InChI is InChI=1S/C14H14FN3O/c1-19-6-2-5-18-10-12(9-17-18)14-7-13(15)4-3-11(14)8-16/h3-4,7,9-10H,2,5-6H2,1H3. The van der Waals surface area contributed by atoms with Gasteiger partial charge in [0, 0.05) is 37.6 Å². The first-order valence-corrected chi connectivity index (χ1v) is 5.96. The Balaban J connectivity index is 2.23. The molecule has 0 bridgehead atoms. The first-order valence-electron chi connectivity index (χ1n) is 5.96. The van der Waals surface area contributed by atoms with Crippen LogP contribution in [-0.2, 0) is 11.3 Å². The van der Waals surface area contributed by atoms with Crippen LogP contribution in [0.2, 0.25) is 0 Å². The lowest BCUT2D eigenvalue weighted by Crippen LogP contribution is -2.01. The van der Waals surface area contributed by atoms with Crippen LogP contribution in [0.25, 0.3) is 11.1 Å². The molecule has 0 spiro atoms. The second-order valence-corrected chi connectivity index (χ2v) is 4.14. The Hall–Kier alpha value is -2.19. The molecule has 2 aromatic rings. The van der Waals surface area contributed by atoms with Gasteiger partial charge in [0.05, 0.1) is 17.8 Å². The fourth-order valence-corrected chi connectivity index (χ4v) is 1.85. The van der Waals surface area contributed by atoms with Crippen LogP contribution in [0.15, 0.2) is 30.6 Å². The van der Waals surface area contributed by atoms with Gasteiger partial charge in [-0.1, -0.05) is 0 Å². The van der Waals surface area contributed by atoms with Gasteiger partial charge in [0.2, 0.25) is 0 Å². The number of rotatable bonds is 5. The first-order chi connectivity index (χ1) is 9.24. The van der Waals surface area contributed by atoms with E-state index in [9.17, 15) is 4.39 Å². The van der Waals surface area contributed by atoms with E-state index in [2.05, 4.69) is 11.2 Å². The van der Waals surface area contributed by atoms with E-state index in [0.29, 0.717) is 17.7 Å². The van der Waals surface area contributed by atoms with Crippen molar-refractivity contribution in [2.24, 2.45) is 0 Å². The second kappa shape index (κ2) is 6.12. The summed E-state index contributed by atoms with van der Waals surface area (Å²) in [6, 6.07) is 6.18. The highest BCUT2D eigenvalue weighted by Gasteiger charge is 2.08. The van der Waals surface area contributed by atoms with Crippen molar-refractivity contribution >= 4 is 0 Å². The number of methoxy groups -OCH3 is 1. The van der Waals surface area contributed by atoms with Gasteiger partial charge in [0.15, 0.2) is 0 Å². The lowest BCUT2D eigenvalue weighted by Gasteiger charge is -2.01. The normalized spacial score (nSPS) is 10.4. The molecular weight excluding hydrogens is 245 g/mol. The number of aromatic nitrogens is 2. The predicted molar refractivity (Wildman–Crippen MR) is 68.8 cm³/mol. The molecule has 0 aliphatic carbocycles. The van der Waals surface area contributed by atoms with E-state index in [4.69, 9.17) is 10.00 Å². The lowest BCUT2D eigenvalue weighted by atomic mass is 10.0. The van der Waals surface area contributed by atoms with Gasteiger partial charge in [-0.05, 0) is 24.6 Å². The van der Waals surface area contributed by atoms with E-state index in [1.807, 2.05) is 6.20 Å². The summed E-state index contributed by atoms with van der Waals surface area (Å²) < 4.78 is 20.0. The third-order valence-corrected chi connectivity index (χ3v) is 2.78. The summed E-state index contributed by atoms with van der Waals surface area (Å²) >= 11 is 0. The van der Waals surface area contributed by atoms with Gasteiger partial charge < -0.3 is 4.74 Å². The number of benzene rings is 1. The van der Waals surface area contributed by atoms with Crippen LogP contribution in [0, 0.1) is 17.1 Å². The smallest absolute Gasteiger partial charge is 0.123 e. The molecule has 19 heavy (non-hydrogen) atoms. The van der Waals surface area contributed by atoms with Gasteiger partial charge in [0.1, 0.15) is 5.82 Å². The number of nitriles is 1.